The van der Waals surface area contributed by atoms with Gasteiger partial charge >= 0.3 is 0 Å². The lowest BCUT2D eigenvalue weighted by molar-refractivity contribution is 0.242. The van der Waals surface area contributed by atoms with Crippen LogP contribution in [-0.2, 0) is 6.54 Å². The SMILES string of the molecule is CC(C)Oc1ccc(CNc2nnc(-c3ccccn3)s2)cc1. The third kappa shape index (κ3) is 4.26. The van der Waals surface area contributed by atoms with Crippen LogP contribution in [0.2, 0.25) is 0 Å². The minimum absolute atomic E-state index is 0.186. The number of hydrogen-bond donors (Lipinski definition) is 1. The Morgan fingerprint density at radius 3 is 2.61 bits per heavy atom. The second kappa shape index (κ2) is 7.19. The van der Waals surface area contributed by atoms with Gasteiger partial charge in [-0.2, -0.15) is 0 Å². The fourth-order valence-corrected chi connectivity index (χ4v) is 2.74. The molecule has 0 unspecified atom stereocenters. The lowest BCUT2D eigenvalue weighted by Crippen LogP contribution is -2.05. The molecule has 0 bridgehead atoms. The van der Waals surface area contributed by atoms with Crippen LogP contribution in [0.15, 0.2) is 48.7 Å². The highest BCUT2D eigenvalue weighted by molar-refractivity contribution is 7.18. The Morgan fingerprint density at radius 2 is 1.91 bits per heavy atom. The first-order valence-electron chi connectivity index (χ1n) is 7.45. The van der Waals surface area contributed by atoms with E-state index in [9.17, 15) is 0 Å². The van der Waals surface area contributed by atoms with Crippen LogP contribution < -0.4 is 10.1 Å². The van der Waals surface area contributed by atoms with E-state index < -0.39 is 0 Å². The molecule has 0 saturated carbocycles. The summed E-state index contributed by atoms with van der Waals surface area (Å²) in [6.07, 6.45) is 1.94. The summed E-state index contributed by atoms with van der Waals surface area (Å²) in [5.41, 5.74) is 2.00. The zero-order valence-electron chi connectivity index (χ0n) is 13.1. The van der Waals surface area contributed by atoms with Gasteiger partial charge in [-0.05, 0) is 43.7 Å². The van der Waals surface area contributed by atoms with Gasteiger partial charge in [-0.3, -0.25) is 4.98 Å². The molecule has 6 heteroatoms. The quantitative estimate of drug-likeness (QED) is 0.742. The summed E-state index contributed by atoms with van der Waals surface area (Å²) in [5.74, 6) is 0.886. The lowest BCUT2D eigenvalue weighted by atomic mass is 10.2. The molecule has 0 aliphatic rings. The van der Waals surface area contributed by atoms with Crippen molar-refractivity contribution in [1.29, 1.82) is 0 Å². The summed E-state index contributed by atoms with van der Waals surface area (Å²) in [6, 6.07) is 13.8. The van der Waals surface area contributed by atoms with Gasteiger partial charge in [-0.15, -0.1) is 10.2 Å². The van der Waals surface area contributed by atoms with E-state index >= 15 is 0 Å². The highest BCUT2D eigenvalue weighted by Crippen LogP contribution is 2.24. The molecule has 2 heterocycles. The molecule has 0 aliphatic carbocycles. The van der Waals surface area contributed by atoms with E-state index in [-0.39, 0.29) is 6.10 Å². The molecular formula is C17H18N4OS. The van der Waals surface area contributed by atoms with Crippen LogP contribution in [0, 0.1) is 0 Å². The first kappa shape index (κ1) is 15.4. The van der Waals surface area contributed by atoms with Crippen LogP contribution in [0.1, 0.15) is 19.4 Å². The van der Waals surface area contributed by atoms with Crippen molar-refractivity contribution in [3.05, 3.63) is 54.2 Å². The Balaban J connectivity index is 1.59. The summed E-state index contributed by atoms with van der Waals surface area (Å²) in [7, 11) is 0. The first-order valence-corrected chi connectivity index (χ1v) is 8.27. The summed E-state index contributed by atoms with van der Waals surface area (Å²) < 4.78 is 5.64. The van der Waals surface area contributed by atoms with Crippen molar-refractivity contribution in [2.45, 2.75) is 26.5 Å². The number of benzene rings is 1. The van der Waals surface area contributed by atoms with Crippen molar-refractivity contribution in [2.24, 2.45) is 0 Å². The molecule has 0 fully saturated rings. The fourth-order valence-electron chi connectivity index (χ4n) is 2.02. The topological polar surface area (TPSA) is 59.9 Å². The maximum atomic E-state index is 5.64. The van der Waals surface area contributed by atoms with E-state index in [2.05, 4.69) is 20.5 Å². The Hall–Kier alpha value is -2.47. The molecule has 0 saturated heterocycles. The van der Waals surface area contributed by atoms with Gasteiger partial charge in [-0.1, -0.05) is 29.5 Å². The predicted molar refractivity (Wildman–Crippen MR) is 92.7 cm³/mol. The van der Waals surface area contributed by atoms with Crippen LogP contribution in [0.25, 0.3) is 10.7 Å². The predicted octanol–water partition coefficient (Wildman–Crippen LogP) is 4.00. The van der Waals surface area contributed by atoms with Crippen molar-refractivity contribution in [3.63, 3.8) is 0 Å². The molecule has 2 aromatic heterocycles. The average Bonchev–Trinajstić information content (AvgIpc) is 3.04. The second-order valence-corrected chi connectivity index (χ2v) is 6.27. The van der Waals surface area contributed by atoms with Crippen LogP contribution >= 0.6 is 11.3 Å². The van der Waals surface area contributed by atoms with E-state index in [0.29, 0.717) is 6.54 Å². The Labute approximate surface area is 139 Å². The minimum Gasteiger partial charge on any atom is -0.491 e. The first-order chi connectivity index (χ1) is 11.2. The summed E-state index contributed by atoms with van der Waals surface area (Å²) in [6.45, 7) is 4.73. The molecule has 1 aromatic carbocycles. The van der Waals surface area contributed by atoms with Crippen molar-refractivity contribution in [2.75, 3.05) is 5.32 Å². The summed E-state index contributed by atoms with van der Waals surface area (Å²) in [4.78, 5) is 4.28. The summed E-state index contributed by atoms with van der Waals surface area (Å²) >= 11 is 1.50. The Bertz CT molecular complexity index is 741. The van der Waals surface area contributed by atoms with Crippen molar-refractivity contribution in [1.82, 2.24) is 15.2 Å². The Morgan fingerprint density at radius 1 is 1.09 bits per heavy atom. The highest BCUT2D eigenvalue weighted by atomic mass is 32.1. The van der Waals surface area contributed by atoms with Gasteiger partial charge in [-0.25, -0.2) is 0 Å². The van der Waals surface area contributed by atoms with Gasteiger partial charge < -0.3 is 10.1 Å². The number of nitrogens with zero attached hydrogens (tertiary/aromatic N) is 3. The maximum Gasteiger partial charge on any atom is 0.206 e. The number of aromatic nitrogens is 3. The smallest absolute Gasteiger partial charge is 0.206 e. The molecular weight excluding hydrogens is 308 g/mol. The Kier molecular flexibility index (Phi) is 4.83. The minimum atomic E-state index is 0.186. The van der Waals surface area contributed by atoms with Crippen LogP contribution in [-0.4, -0.2) is 21.3 Å². The molecule has 0 aliphatic heterocycles. The molecule has 5 nitrogen and oxygen atoms in total. The number of pyridine rings is 1. The van der Waals surface area contributed by atoms with Gasteiger partial charge in [0.25, 0.3) is 0 Å². The zero-order chi connectivity index (χ0) is 16.1. The highest BCUT2D eigenvalue weighted by Gasteiger charge is 2.07. The average molecular weight is 326 g/mol. The normalized spacial score (nSPS) is 10.7. The van der Waals surface area contributed by atoms with E-state index in [1.54, 1.807) is 6.20 Å². The van der Waals surface area contributed by atoms with E-state index in [1.807, 2.05) is 56.3 Å². The van der Waals surface area contributed by atoms with Gasteiger partial charge in [0.2, 0.25) is 5.13 Å². The van der Waals surface area contributed by atoms with E-state index in [1.165, 1.54) is 11.3 Å². The van der Waals surface area contributed by atoms with Crippen molar-refractivity contribution in [3.8, 4) is 16.5 Å². The second-order valence-electron chi connectivity index (χ2n) is 5.29. The fraction of sp³-hybridized carbons (Fsp3) is 0.235. The number of nitrogens with one attached hydrogen (secondary N) is 1. The standard InChI is InChI=1S/C17H18N4OS/c1-12(2)22-14-8-6-13(7-9-14)11-19-17-21-20-16(23-17)15-5-3-4-10-18-15/h3-10,12H,11H2,1-2H3,(H,19,21). The number of rotatable bonds is 6. The molecule has 3 aromatic rings. The zero-order valence-corrected chi connectivity index (χ0v) is 13.9. The lowest BCUT2D eigenvalue weighted by Gasteiger charge is -2.10. The van der Waals surface area contributed by atoms with E-state index in [0.717, 1.165) is 27.1 Å². The molecule has 23 heavy (non-hydrogen) atoms. The molecule has 1 N–H and O–H groups in total. The van der Waals surface area contributed by atoms with Crippen molar-refractivity contribution < 1.29 is 4.74 Å². The van der Waals surface area contributed by atoms with Crippen LogP contribution in [0.3, 0.4) is 0 Å². The molecule has 3 rings (SSSR count). The number of hydrogen-bond acceptors (Lipinski definition) is 6. The van der Waals surface area contributed by atoms with Crippen LogP contribution in [0.5, 0.6) is 5.75 Å². The van der Waals surface area contributed by atoms with Crippen molar-refractivity contribution >= 4 is 16.5 Å². The van der Waals surface area contributed by atoms with Crippen LogP contribution in [0.4, 0.5) is 5.13 Å². The third-order valence-corrected chi connectivity index (χ3v) is 3.95. The maximum absolute atomic E-state index is 5.64. The molecule has 0 amide bonds. The summed E-state index contributed by atoms with van der Waals surface area (Å²) in [5, 5.41) is 13.2. The molecule has 118 valence electrons. The van der Waals surface area contributed by atoms with E-state index in [4.69, 9.17) is 4.74 Å². The van der Waals surface area contributed by atoms with Gasteiger partial charge in [0.15, 0.2) is 5.01 Å². The third-order valence-electron chi connectivity index (χ3n) is 3.05. The largest absolute Gasteiger partial charge is 0.491 e. The van der Waals surface area contributed by atoms with Gasteiger partial charge in [0.1, 0.15) is 11.4 Å². The van der Waals surface area contributed by atoms with Gasteiger partial charge in [0, 0.05) is 12.7 Å². The molecule has 0 atom stereocenters. The monoisotopic (exact) mass is 326 g/mol. The number of ether oxygens (including phenoxy) is 1. The number of anilines is 1. The van der Waals surface area contributed by atoms with Gasteiger partial charge in [0.05, 0.1) is 6.10 Å². The molecule has 0 radical (unpaired) electrons. The molecule has 0 spiro atoms.